The van der Waals surface area contributed by atoms with E-state index in [9.17, 15) is 0 Å². The van der Waals surface area contributed by atoms with Gasteiger partial charge in [-0.15, -0.1) is 11.4 Å². The molecule has 0 spiro atoms. The van der Waals surface area contributed by atoms with Crippen LogP contribution in [-0.2, 0) is 16.8 Å². The molecule has 1 radical (unpaired) electrons. The van der Waals surface area contributed by atoms with Crippen molar-refractivity contribution >= 4 is 46.3 Å². The van der Waals surface area contributed by atoms with Gasteiger partial charge in [0.05, 0.1) is 11.4 Å². The first-order valence-corrected chi connectivity index (χ1v) is 15.0. The van der Waals surface area contributed by atoms with E-state index < -0.39 is 0 Å². The van der Waals surface area contributed by atoms with Crippen molar-refractivity contribution in [3.8, 4) is 0 Å². The Labute approximate surface area is 288 Å². The second kappa shape index (κ2) is 19.6. The van der Waals surface area contributed by atoms with Gasteiger partial charge >= 0.3 is 16.8 Å². The van der Waals surface area contributed by atoms with Gasteiger partial charge in [-0.1, -0.05) is 158 Å². The number of para-hydroxylation sites is 4. The second-order valence-corrected chi connectivity index (χ2v) is 10.0. The fraction of sp³-hybridized carbons (Fsp3) is 0. The van der Waals surface area contributed by atoms with Crippen LogP contribution in [0.1, 0.15) is 11.1 Å². The van der Waals surface area contributed by atoms with E-state index in [-0.39, 0.29) is 16.8 Å². The fourth-order valence-corrected chi connectivity index (χ4v) is 4.26. The van der Waals surface area contributed by atoms with E-state index in [1.165, 1.54) is 0 Å². The van der Waals surface area contributed by atoms with Crippen molar-refractivity contribution in [3.63, 3.8) is 0 Å². The summed E-state index contributed by atoms with van der Waals surface area (Å²) in [5.41, 5.74) is 7.82. The second-order valence-electron chi connectivity index (χ2n) is 10.0. The van der Waals surface area contributed by atoms with Crippen LogP contribution < -0.4 is 0 Å². The van der Waals surface area contributed by atoms with E-state index in [4.69, 9.17) is 0 Å². The molecule has 0 saturated carbocycles. The van der Waals surface area contributed by atoms with E-state index in [1.54, 1.807) is 0 Å². The van der Waals surface area contributed by atoms with Crippen molar-refractivity contribution in [1.82, 2.24) is 0 Å². The third-order valence-corrected chi connectivity index (χ3v) is 6.65. The molecule has 0 aliphatic heterocycles. The minimum atomic E-state index is 0. The molecule has 6 aromatic carbocycles. The largest absolute Gasteiger partial charge is 2.00 e. The Morgan fingerprint density at radius 2 is 0.638 bits per heavy atom. The van der Waals surface area contributed by atoms with Crippen molar-refractivity contribution < 1.29 is 16.8 Å². The first-order valence-electron chi connectivity index (χ1n) is 15.0. The van der Waals surface area contributed by atoms with Crippen LogP contribution >= 0.6 is 0 Å². The van der Waals surface area contributed by atoms with Gasteiger partial charge in [0.15, 0.2) is 0 Å². The standard InChI is InChI=1S/2C21H17N2.Co/c2*1-4-10-18(11-5-1)19(16-22-20-12-6-2-7-13-20)17-23-21-14-8-3-9-15-21;/h2*1-17H;/q2*-1;+2/b2*19-16+,23-17?;. The summed E-state index contributed by atoms with van der Waals surface area (Å²) >= 11 is 0. The van der Waals surface area contributed by atoms with Gasteiger partial charge in [-0.2, -0.15) is 12.4 Å². The average molecular weight is 654 g/mol. The van der Waals surface area contributed by atoms with Gasteiger partial charge in [0.2, 0.25) is 0 Å². The van der Waals surface area contributed by atoms with Gasteiger partial charge in [0.1, 0.15) is 0 Å². The molecule has 0 aromatic heterocycles. The molecule has 0 fully saturated rings. The number of aliphatic imine (C=N–C) groups is 2. The third-order valence-electron chi connectivity index (χ3n) is 6.65. The summed E-state index contributed by atoms with van der Waals surface area (Å²) in [5, 5.41) is 9.08. The zero-order valence-corrected chi connectivity index (χ0v) is 26.8. The summed E-state index contributed by atoms with van der Waals surface area (Å²) in [7, 11) is 0. The normalized spacial score (nSPS) is 11.3. The van der Waals surface area contributed by atoms with Crippen LogP contribution in [-0.4, -0.2) is 12.4 Å². The van der Waals surface area contributed by atoms with E-state index in [0.29, 0.717) is 0 Å². The third kappa shape index (κ3) is 11.9. The van der Waals surface area contributed by atoms with E-state index in [1.807, 2.05) is 183 Å². The Kier molecular flexibility index (Phi) is 14.2. The Morgan fingerprint density at radius 3 is 0.957 bits per heavy atom. The summed E-state index contributed by atoms with van der Waals surface area (Å²) in [6, 6.07) is 59.9. The van der Waals surface area contributed by atoms with E-state index in [0.717, 1.165) is 45.0 Å². The molecular weight excluding hydrogens is 619 g/mol. The number of nitrogens with zero attached hydrogens (tertiary/aromatic N) is 4. The van der Waals surface area contributed by atoms with E-state index >= 15 is 0 Å². The predicted octanol–water partition coefficient (Wildman–Crippen LogP) is 12.3. The first-order chi connectivity index (χ1) is 22.8. The molecule has 0 unspecified atom stereocenters. The maximum absolute atomic E-state index is 4.54. The van der Waals surface area contributed by atoms with Gasteiger partial charge in [-0.05, 0) is 46.5 Å². The average Bonchev–Trinajstić information content (AvgIpc) is 3.14. The summed E-state index contributed by atoms with van der Waals surface area (Å²) in [6.07, 6.45) is 7.43. The number of allylic oxidation sites excluding steroid dienone is 2. The molecule has 0 N–H and O–H groups in total. The predicted molar refractivity (Wildman–Crippen MR) is 197 cm³/mol. The van der Waals surface area contributed by atoms with Gasteiger partial charge in [0.25, 0.3) is 0 Å². The summed E-state index contributed by atoms with van der Waals surface area (Å²) < 4.78 is 0. The van der Waals surface area contributed by atoms with Crippen molar-refractivity contribution in [2.75, 3.05) is 0 Å². The molecule has 0 amide bonds. The Hall–Kier alpha value is -5.75. The Balaban J connectivity index is 0.000000208. The van der Waals surface area contributed by atoms with Crippen LogP contribution in [0.4, 0.5) is 22.7 Å². The molecule has 0 aliphatic carbocycles. The zero-order chi connectivity index (χ0) is 31.5. The summed E-state index contributed by atoms with van der Waals surface area (Å²) in [6.45, 7) is 0. The molecule has 4 nitrogen and oxygen atoms in total. The minimum absolute atomic E-state index is 0. The molecule has 0 saturated heterocycles. The molecule has 6 rings (SSSR count). The molecule has 0 atom stereocenters. The minimum Gasteiger partial charge on any atom is -0.664 e. The van der Waals surface area contributed by atoms with Crippen LogP contribution in [0.15, 0.2) is 204 Å². The van der Waals surface area contributed by atoms with Gasteiger partial charge in [-0.3, -0.25) is 9.98 Å². The molecule has 47 heavy (non-hydrogen) atoms. The molecule has 0 aliphatic rings. The molecule has 231 valence electrons. The number of rotatable bonds is 10. The summed E-state index contributed by atoms with van der Waals surface area (Å²) in [5.74, 6) is 0. The van der Waals surface area contributed by atoms with Gasteiger partial charge in [-0.25, -0.2) is 0 Å². The summed E-state index contributed by atoms with van der Waals surface area (Å²) in [4.78, 5) is 9.08. The van der Waals surface area contributed by atoms with Crippen LogP contribution in [0.5, 0.6) is 0 Å². The van der Waals surface area contributed by atoms with Crippen LogP contribution in [0, 0.1) is 0 Å². The number of hydrogen-bond acceptors (Lipinski definition) is 2. The molecular formula is C42H34CoN4. The zero-order valence-electron chi connectivity index (χ0n) is 25.8. The maximum Gasteiger partial charge on any atom is 2.00 e. The molecule has 6 aromatic rings. The van der Waals surface area contributed by atoms with Crippen molar-refractivity contribution in [2.24, 2.45) is 9.98 Å². The van der Waals surface area contributed by atoms with Gasteiger partial charge in [0, 0.05) is 12.4 Å². The smallest absolute Gasteiger partial charge is 0.664 e. The first kappa shape index (κ1) is 34.1. The monoisotopic (exact) mass is 653 g/mol. The Bertz CT molecular complexity index is 1700. The Morgan fingerprint density at radius 1 is 0.362 bits per heavy atom. The maximum atomic E-state index is 4.54. The van der Waals surface area contributed by atoms with Crippen LogP contribution in [0.3, 0.4) is 0 Å². The quantitative estimate of drug-likeness (QED) is 0.132. The fourth-order valence-electron chi connectivity index (χ4n) is 4.26. The van der Waals surface area contributed by atoms with Crippen molar-refractivity contribution in [2.45, 2.75) is 0 Å². The molecule has 5 heteroatoms. The SMILES string of the molecule is C(=Nc1ccccc1)/C(=C\[N-]c1ccccc1)c1ccccc1.C(=Nc1ccccc1)/C(=C\[N-]c1ccccc1)c1ccccc1.[Co+2]. The molecule has 0 heterocycles. The molecule has 0 bridgehead atoms. The number of hydrogen-bond donors (Lipinski definition) is 0. The van der Waals surface area contributed by atoms with Crippen molar-refractivity contribution in [3.05, 3.63) is 216 Å². The van der Waals surface area contributed by atoms with E-state index in [2.05, 4.69) is 44.9 Å². The number of benzene rings is 6. The van der Waals surface area contributed by atoms with Crippen LogP contribution in [0.2, 0.25) is 0 Å². The van der Waals surface area contributed by atoms with Gasteiger partial charge < -0.3 is 10.6 Å². The van der Waals surface area contributed by atoms with Crippen LogP contribution in [0.25, 0.3) is 21.8 Å². The van der Waals surface area contributed by atoms with Crippen molar-refractivity contribution in [1.29, 1.82) is 0 Å². The topological polar surface area (TPSA) is 52.9 Å².